The number of nitrogens with zero attached hydrogens (tertiary/aromatic N) is 1. The van der Waals surface area contributed by atoms with E-state index >= 15 is 0 Å². The van der Waals surface area contributed by atoms with E-state index in [0.717, 1.165) is 0 Å². The largest absolute Gasteiger partial charge is 0.507 e. The van der Waals surface area contributed by atoms with Gasteiger partial charge in [-0.25, -0.2) is 0 Å². The van der Waals surface area contributed by atoms with E-state index in [0.29, 0.717) is 31.3 Å². The molecular weight excluding hydrogens is 270 g/mol. The van der Waals surface area contributed by atoms with E-state index < -0.39 is 0 Å². The molecule has 0 atom stereocenters. The van der Waals surface area contributed by atoms with Crippen molar-refractivity contribution >= 4 is 17.5 Å². The lowest BCUT2D eigenvalue weighted by Gasteiger charge is -2.22. The van der Waals surface area contributed by atoms with Gasteiger partial charge in [-0.15, -0.1) is 0 Å². The van der Waals surface area contributed by atoms with E-state index in [-0.39, 0.29) is 17.2 Å². The van der Waals surface area contributed by atoms with E-state index in [4.69, 9.17) is 21.1 Å². The summed E-state index contributed by atoms with van der Waals surface area (Å²) >= 11 is 5.74. The molecular formula is C13H18ClNO4. The van der Waals surface area contributed by atoms with Gasteiger partial charge in [0, 0.05) is 32.3 Å². The highest BCUT2D eigenvalue weighted by Gasteiger charge is 2.18. The van der Waals surface area contributed by atoms with Crippen LogP contribution in [0.4, 0.5) is 0 Å². The number of phenols is 1. The maximum atomic E-state index is 12.3. The van der Waals surface area contributed by atoms with Gasteiger partial charge in [0.15, 0.2) is 0 Å². The van der Waals surface area contributed by atoms with Gasteiger partial charge in [0.25, 0.3) is 5.91 Å². The predicted molar refractivity (Wildman–Crippen MR) is 72.8 cm³/mol. The fourth-order valence-corrected chi connectivity index (χ4v) is 1.74. The van der Waals surface area contributed by atoms with Crippen molar-refractivity contribution in [3.05, 3.63) is 28.8 Å². The maximum absolute atomic E-state index is 12.3. The molecule has 0 fully saturated rings. The van der Waals surface area contributed by atoms with Crippen molar-refractivity contribution in [1.82, 2.24) is 4.90 Å². The number of benzene rings is 1. The summed E-state index contributed by atoms with van der Waals surface area (Å²) in [6.45, 7) is 1.70. The number of methoxy groups -OCH3 is 2. The standard InChI is InChI=1S/C13H18ClNO4/c1-18-7-5-15(6-8-19-2)13(17)11-4-3-10(14)9-12(11)16/h3-4,9,16H,5-8H2,1-2H3. The number of hydrogen-bond donors (Lipinski definition) is 1. The lowest BCUT2D eigenvalue weighted by Crippen LogP contribution is -2.36. The third kappa shape index (κ3) is 4.70. The van der Waals surface area contributed by atoms with Crippen LogP contribution in [0.25, 0.3) is 0 Å². The average Bonchev–Trinajstić information content (AvgIpc) is 2.38. The number of aromatic hydroxyl groups is 1. The summed E-state index contributed by atoms with van der Waals surface area (Å²) in [5.41, 5.74) is 0.219. The number of ether oxygens (including phenoxy) is 2. The van der Waals surface area contributed by atoms with E-state index in [1.54, 1.807) is 25.2 Å². The minimum atomic E-state index is -0.275. The topological polar surface area (TPSA) is 59.0 Å². The molecule has 0 aliphatic rings. The Kier molecular flexibility index (Phi) is 6.62. The number of carbonyl (C=O) groups is 1. The van der Waals surface area contributed by atoms with Crippen LogP contribution in [-0.4, -0.2) is 56.4 Å². The first-order valence-corrected chi connectivity index (χ1v) is 6.23. The normalized spacial score (nSPS) is 10.5. The SMILES string of the molecule is COCCN(CCOC)C(=O)c1ccc(Cl)cc1O. The number of hydrogen-bond acceptors (Lipinski definition) is 4. The Morgan fingerprint density at radius 1 is 1.26 bits per heavy atom. The lowest BCUT2D eigenvalue weighted by molar-refractivity contribution is 0.0624. The van der Waals surface area contributed by atoms with Crippen molar-refractivity contribution in [2.75, 3.05) is 40.5 Å². The van der Waals surface area contributed by atoms with Gasteiger partial charge in [-0.05, 0) is 18.2 Å². The summed E-state index contributed by atoms with van der Waals surface area (Å²) in [6, 6.07) is 4.42. The monoisotopic (exact) mass is 287 g/mol. The molecule has 0 aliphatic carbocycles. The average molecular weight is 288 g/mol. The van der Waals surface area contributed by atoms with Gasteiger partial charge in [0.1, 0.15) is 5.75 Å². The van der Waals surface area contributed by atoms with Gasteiger partial charge >= 0.3 is 0 Å². The highest BCUT2D eigenvalue weighted by atomic mass is 35.5. The smallest absolute Gasteiger partial charge is 0.257 e. The summed E-state index contributed by atoms with van der Waals surface area (Å²) in [4.78, 5) is 13.9. The summed E-state index contributed by atoms with van der Waals surface area (Å²) in [5, 5.41) is 10.2. The summed E-state index contributed by atoms with van der Waals surface area (Å²) in [6.07, 6.45) is 0. The van der Waals surface area contributed by atoms with Gasteiger partial charge in [-0.3, -0.25) is 4.79 Å². The first-order chi connectivity index (χ1) is 9.10. The summed E-state index contributed by atoms with van der Waals surface area (Å²) < 4.78 is 9.94. The Bertz CT molecular complexity index is 417. The highest BCUT2D eigenvalue weighted by Crippen LogP contribution is 2.23. The minimum Gasteiger partial charge on any atom is -0.507 e. The highest BCUT2D eigenvalue weighted by molar-refractivity contribution is 6.30. The third-order valence-electron chi connectivity index (χ3n) is 2.61. The third-order valence-corrected chi connectivity index (χ3v) is 2.84. The predicted octanol–water partition coefficient (Wildman–Crippen LogP) is 1.78. The second-order valence-electron chi connectivity index (χ2n) is 3.94. The second-order valence-corrected chi connectivity index (χ2v) is 4.38. The molecule has 5 nitrogen and oxygen atoms in total. The van der Waals surface area contributed by atoms with Crippen LogP contribution in [0.2, 0.25) is 5.02 Å². The zero-order valence-corrected chi connectivity index (χ0v) is 11.8. The zero-order chi connectivity index (χ0) is 14.3. The quantitative estimate of drug-likeness (QED) is 0.830. The molecule has 6 heteroatoms. The van der Waals surface area contributed by atoms with E-state index in [1.165, 1.54) is 12.1 Å². The number of halogens is 1. The number of carbonyl (C=O) groups excluding carboxylic acids is 1. The van der Waals surface area contributed by atoms with Gasteiger partial charge in [-0.2, -0.15) is 0 Å². The van der Waals surface area contributed by atoms with Crippen LogP contribution < -0.4 is 0 Å². The first kappa shape index (κ1) is 15.8. The molecule has 0 heterocycles. The Balaban J connectivity index is 2.84. The van der Waals surface area contributed by atoms with Crippen molar-refractivity contribution in [2.45, 2.75) is 0 Å². The molecule has 1 aromatic rings. The van der Waals surface area contributed by atoms with Crippen molar-refractivity contribution < 1.29 is 19.4 Å². The molecule has 0 aliphatic heterocycles. The number of rotatable bonds is 7. The Morgan fingerprint density at radius 3 is 2.32 bits per heavy atom. The minimum absolute atomic E-state index is 0.127. The van der Waals surface area contributed by atoms with E-state index in [2.05, 4.69) is 0 Å². The molecule has 0 radical (unpaired) electrons. The molecule has 0 aromatic heterocycles. The molecule has 1 amide bonds. The number of amides is 1. The van der Waals surface area contributed by atoms with Crippen LogP contribution in [0.1, 0.15) is 10.4 Å². The fraction of sp³-hybridized carbons (Fsp3) is 0.462. The van der Waals surface area contributed by atoms with Gasteiger partial charge in [-0.1, -0.05) is 11.6 Å². The maximum Gasteiger partial charge on any atom is 0.257 e. The molecule has 0 bridgehead atoms. The van der Waals surface area contributed by atoms with Gasteiger partial charge in [0.05, 0.1) is 18.8 Å². The Hall–Kier alpha value is -1.30. The molecule has 19 heavy (non-hydrogen) atoms. The van der Waals surface area contributed by atoms with Crippen LogP contribution in [0.3, 0.4) is 0 Å². The molecule has 0 saturated carbocycles. The van der Waals surface area contributed by atoms with Gasteiger partial charge < -0.3 is 19.5 Å². The van der Waals surface area contributed by atoms with Crippen LogP contribution >= 0.6 is 11.6 Å². The van der Waals surface area contributed by atoms with Crippen LogP contribution in [-0.2, 0) is 9.47 Å². The Labute approximate surface area is 117 Å². The van der Waals surface area contributed by atoms with Crippen LogP contribution in [0.5, 0.6) is 5.75 Å². The summed E-state index contributed by atoms with van der Waals surface area (Å²) in [5.74, 6) is -0.402. The molecule has 106 valence electrons. The summed E-state index contributed by atoms with van der Waals surface area (Å²) in [7, 11) is 3.14. The van der Waals surface area contributed by atoms with Crippen molar-refractivity contribution in [1.29, 1.82) is 0 Å². The molecule has 1 rings (SSSR count). The second kappa shape index (κ2) is 7.99. The van der Waals surface area contributed by atoms with E-state index in [9.17, 15) is 9.90 Å². The first-order valence-electron chi connectivity index (χ1n) is 5.85. The fourth-order valence-electron chi connectivity index (χ4n) is 1.57. The zero-order valence-electron chi connectivity index (χ0n) is 11.1. The van der Waals surface area contributed by atoms with Crippen LogP contribution in [0.15, 0.2) is 18.2 Å². The molecule has 0 unspecified atom stereocenters. The lowest BCUT2D eigenvalue weighted by atomic mass is 10.1. The molecule has 1 aromatic carbocycles. The Morgan fingerprint density at radius 2 is 1.84 bits per heavy atom. The number of phenolic OH excluding ortho intramolecular Hbond substituents is 1. The molecule has 0 spiro atoms. The van der Waals surface area contributed by atoms with Crippen molar-refractivity contribution in [2.24, 2.45) is 0 Å². The van der Waals surface area contributed by atoms with Crippen molar-refractivity contribution in [3.63, 3.8) is 0 Å². The van der Waals surface area contributed by atoms with Crippen molar-refractivity contribution in [3.8, 4) is 5.75 Å². The van der Waals surface area contributed by atoms with Gasteiger partial charge in [0.2, 0.25) is 0 Å². The molecule has 0 saturated heterocycles. The molecule has 1 N–H and O–H groups in total. The van der Waals surface area contributed by atoms with E-state index in [1.807, 2.05) is 0 Å². The van der Waals surface area contributed by atoms with Crippen LogP contribution in [0, 0.1) is 0 Å².